The van der Waals surface area contributed by atoms with Crippen molar-refractivity contribution in [3.05, 3.63) is 41.5 Å². The van der Waals surface area contributed by atoms with Gasteiger partial charge in [0, 0.05) is 22.2 Å². The first-order chi connectivity index (χ1) is 9.06. The minimum Gasteiger partial charge on any atom is -0.477 e. The van der Waals surface area contributed by atoms with Gasteiger partial charge in [0.25, 0.3) is 0 Å². The highest BCUT2D eigenvalue weighted by atomic mass is 19.1. The molecule has 0 unspecified atom stereocenters. The maximum atomic E-state index is 13.3. The number of carbonyl (C=O) groups is 1. The number of H-pyrrole nitrogens is 2. The molecule has 0 radical (unpaired) electrons. The number of carboxylic acid groups (broad SMARTS) is 1. The molecule has 0 amide bonds. The molecule has 3 N–H and O–H groups in total. The van der Waals surface area contributed by atoms with E-state index >= 15 is 0 Å². The molecule has 2 aromatic heterocycles. The molecule has 3 rings (SSSR count). The van der Waals surface area contributed by atoms with Crippen LogP contribution in [-0.2, 0) is 0 Å². The number of fused-ring (bicyclic) bond motifs is 1. The fourth-order valence-electron chi connectivity index (χ4n) is 2.19. The minimum absolute atomic E-state index is 0.000142. The van der Waals surface area contributed by atoms with Gasteiger partial charge in [0.2, 0.25) is 0 Å². The molecule has 0 aliphatic carbocycles. The molecule has 0 aliphatic rings. The van der Waals surface area contributed by atoms with Gasteiger partial charge in [0.1, 0.15) is 11.5 Å². The Bertz CT molecular complexity index is 788. The molecule has 0 saturated heterocycles. The van der Waals surface area contributed by atoms with Crippen molar-refractivity contribution >= 4 is 16.9 Å². The Kier molecular flexibility index (Phi) is 2.38. The molecule has 2 heterocycles. The Hall–Kier alpha value is -2.63. The van der Waals surface area contributed by atoms with Gasteiger partial charge in [-0.2, -0.15) is 5.10 Å². The van der Waals surface area contributed by atoms with E-state index in [9.17, 15) is 9.18 Å². The van der Waals surface area contributed by atoms with Gasteiger partial charge in [-0.15, -0.1) is 0 Å². The van der Waals surface area contributed by atoms with Crippen LogP contribution in [0.1, 0.15) is 16.2 Å². The smallest absolute Gasteiger partial charge is 0.353 e. The predicted molar refractivity (Wildman–Crippen MR) is 67.5 cm³/mol. The molecule has 0 aliphatic heterocycles. The van der Waals surface area contributed by atoms with Gasteiger partial charge < -0.3 is 10.1 Å². The maximum Gasteiger partial charge on any atom is 0.353 e. The zero-order valence-electron chi connectivity index (χ0n) is 9.99. The lowest BCUT2D eigenvalue weighted by atomic mass is 10.1. The third kappa shape index (κ3) is 1.77. The molecule has 0 spiro atoms. The lowest BCUT2D eigenvalue weighted by Gasteiger charge is -1.96. The summed E-state index contributed by atoms with van der Waals surface area (Å²) < 4.78 is 13.3. The van der Waals surface area contributed by atoms with Gasteiger partial charge in [-0.3, -0.25) is 5.10 Å². The summed E-state index contributed by atoms with van der Waals surface area (Å²) in [4.78, 5) is 14.0. The van der Waals surface area contributed by atoms with Crippen LogP contribution in [-0.4, -0.2) is 26.3 Å². The molecule has 19 heavy (non-hydrogen) atoms. The molecular formula is C13H10FN3O2. The number of nitrogens with one attached hydrogen (secondary N) is 2. The van der Waals surface area contributed by atoms with E-state index in [4.69, 9.17) is 5.11 Å². The van der Waals surface area contributed by atoms with Crippen molar-refractivity contribution in [1.29, 1.82) is 0 Å². The SMILES string of the molecule is Cc1[nH]c2ccc(F)cc2c1-c1cc(C(=O)O)[nH]n1. The van der Waals surface area contributed by atoms with Crippen molar-refractivity contribution in [1.82, 2.24) is 15.2 Å². The highest BCUT2D eigenvalue weighted by molar-refractivity contribution is 5.97. The van der Waals surface area contributed by atoms with Crippen LogP contribution in [0.3, 0.4) is 0 Å². The van der Waals surface area contributed by atoms with E-state index in [1.54, 1.807) is 6.07 Å². The summed E-state index contributed by atoms with van der Waals surface area (Å²) in [5.74, 6) is -1.43. The van der Waals surface area contributed by atoms with E-state index in [2.05, 4.69) is 15.2 Å². The van der Waals surface area contributed by atoms with E-state index < -0.39 is 5.97 Å². The maximum absolute atomic E-state index is 13.3. The van der Waals surface area contributed by atoms with Crippen LogP contribution in [0, 0.1) is 12.7 Å². The highest BCUT2D eigenvalue weighted by Gasteiger charge is 2.16. The number of hydrogen-bond acceptors (Lipinski definition) is 2. The van der Waals surface area contributed by atoms with Crippen molar-refractivity contribution in [3.8, 4) is 11.3 Å². The number of nitrogens with zero attached hydrogens (tertiary/aromatic N) is 1. The van der Waals surface area contributed by atoms with Crippen molar-refractivity contribution in [2.75, 3.05) is 0 Å². The minimum atomic E-state index is -1.08. The Morgan fingerprint density at radius 2 is 2.16 bits per heavy atom. The Balaban J connectivity index is 2.25. The largest absolute Gasteiger partial charge is 0.477 e. The first-order valence-corrected chi connectivity index (χ1v) is 5.63. The van der Waals surface area contributed by atoms with E-state index in [-0.39, 0.29) is 11.5 Å². The molecular weight excluding hydrogens is 249 g/mol. The number of aromatic amines is 2. The van der Waals surface area contributed by atoms with Crippen molar-refractivity contribution in [3.63, 3.8) is 0 Å². The van der Waals surface area contributed by atoms with E-state index in [0.29, 0.717) is 16.6 Å². The zero-order valence-corrected chi connectivity index (χ0v) is 9.99. The van der Waals surface area contributed by atoms with Gasteiger partial charge in [-0.05, 0) is 31.2 Å². The molecule has 0 fully saturated rings. The topological polar surface area (TPSA) is 81.8 Å². The van der Waals surface area contributed by atoms with Crippen LogP contribution in [0.2, 0.25) is 0 Å². The average molecular weight is 259 g/mol. The van der Waals surface area contributed by atoms with Crippen LogP contribution in [0.4, 0.5) is 4.39 Å². The van der Waals surface area contributed by atoms with E-state index in [0.717, 1.165) is 11.2 Å². The third-order valence-electron chi connectivity index (χ3n) is 3.01. The van der Waals surface area contributed by atoms with Crippen LogP contribution in [0.25, 0.3) is 22.2 Å². The van der Waals surface area contributed by atoms with Crippen LogP contribution in [0.5, 0.6) is 0 Å². The molecule has 96 valence electrons. The highest BCUT2D eigenvalue weighted by Crippen LogP contribution is 2.31. The second-order valence-corrected chi connectivity index (χ2v) is 4.29. The molecule has 0 atom stereocenters. The van der Waals surface area contributed by atoms with Gasteiger partial charge >= 0.3 is 5.97 Å². The quantitative estimate of drug-likeness (QED) is 0.661. The molecule has 1 aromatic carbocycles. The second kappa shape index (κ2) is 3.94. The van der Waals surface area contributed by atoms with Gasteiger partial charge in [-0.1, -0.05) is 0 Å². The summed E-state index contributed by atoms with van der Waals surface area (Å²) in [6, 6.07) is 5.85. The normalized spacial score (nSPS) is 11.1. The molecule has 6 heteroatoms. The Morgan fingerprint density at radius 3 is 2.84 bits per heavy atom. The number of aromatic nitrogens is 3. The van der Waals surface area contributed by atoms with E-state index in [1.165, 1.54) is 18.2 Å². The number of hydrogen-bond donors (Lipinski definition) is 3. The van der Waals surface area contributed by atoms with Crippen LogP contribution < -0.4 is 0 Å². The number of benzene rings is 1. The van der Waals surface area contributed by atoms with Crippen molar-refractivity contribution < 1.29 is 14.3 Å². The lowest BCUT2D eigenvalue weighted by molar-refractivity contribution is 0.0690. The number of aromatic carboxylic acids is 1. The van der Waals surface area contributed by atoms with E-state index in [1.807, 2.05) is 6.92 Å². The summed E-state index contributed by atoms with van der Waals surface area (Å²) in [6.07, 6.45) is 0. The number of aryl methyl sites for hydroxylation is 1. The lowest BCUT2D eigenvalue weighted by Crippen LogP contribution is -1.95. The van der Waals surface area contributed by atoms with Crippen molar-refractivity contribution in [2.45, 2.75) is 6.92 Å². The summed E-state index contributed by atoms with van der Waals surface area (Å²) >= 11 is 0. The summed E-state index contributed by atoms with van der Waals surface area (Å²) in [6.45, 7) is 1.84. The molecule has 0 bridgehead atoms. The summed E-state index contributed by atoms with van der Waals surface area (Å²) in [5, 5.41) is 16.0. The molecule has 3 aromatic rings. The Labute approximate surface area is 107 Å². The Morgan fingerprint density at radius 1 is 1.37 bits per heavy atom. The number of rotatable bonds is 2. The number of halogens is 1. The van der Waals surface area contributed by atoms with Gasteiger partial charge in [0.05, 0.1) is 5.69 Å². The average Bonchev–Trinajstić information content (AvgIpc) is 2.92. The first-order valence-electron chi connectivity index (χ1n) is 5.63. The molecule has 0 saturated carbocycles. The summed E-state index contributed by atoms with van der Waals surface area (Å²) in [7, 11) is 0. The van der Waals surface area contributed by atoms with Crippen LogP contribution >= 0.6 is 0 Å². The predicted octanol–water partition coefficient (Wildman–Crippen LogP) is 2.70. The first kappa shape index (κ1) is 11.5. The zero-order chi connectivity index (χ0) is 13.6. The van der Waals surface area contributed by atoms with Gasteiger partial charge in [0.15, 0.2) is 0 Å². The van der Waals surface area contributed by atoms with Crippen LogP contribution in [0.15, 0.2) is 24.3 Å². The van der Waals surface area contributed by atoms with Gasteiger partial charge in [-0.25, -0.2) is 9.18 Å². The molecule has 5 nitrogen and oxygen atoms in total. The fraction of sp³-hybridized carbons (Fsp3) is 0.0769. The second-order valence-electron chi connectivity index (χ2n) is 4.29. The monoisotopic (exact) mass is 259 g/mol. The summed E-state index contributed by atoms with van der Waals surface area (Å²) in [5.41, 5.74) is 2.78. The standard InChI is InChI=1S/C13H10FN3O2/c1-6-12(10-5-11(13(18)19)17-16-10)8-4-7(14)2-3-9(8)15-6/h2-5,15H,1H3,(H,16,17)(H,18,19). The third-order valence-corrected chi connectivity index (χ3v) is 3.01. The fourth-order valence-corrected chi connectivity index (χ4v) is 2.19. The number of carboxylic acids is 1. The van der Waals surface area contributed by atoms with Crippen molar-refractivity contribution in [2.24, 2.45) is 0 Å².